The molecule has 110 valence electrons. The zero-order valence-corrected chi connectivity index (χ0v) is 12.9. The maximum atomic E-state index is 11.9. The third-order valence-corrected chi connectivity index (χ3v) is 3.76. The van der Waals surface area contributed by atoms with Crippen LogP contribution in [0.1, 0.15) is 28.5 Å². The minimum Gasteiger partial charge on any atom is -0.476 e. The summed E-state index contributed by atoms with van der Waals surface area (Å²) in [5.41, 5.74) is 0.429. The van der Waals surface area contributed by atoms with Gasteiger partial charge in [0.25, 0.3) is 0 Å². The van der Waals surface area contributed by atoms with Gasteiger partial charge in [0.2, 0.25) is 11.1 Å². The van der Waals surface area contributed by atoms with Gasteiger partial charge in [-0.1, -0.05) is 30.1 Å². The molecule has 7 heteroatoms. The molecule has 1 heterocycles. The van der Waals surface area contributed by atoms with Crippen LogP contribution in [-0.4, -0.2) is 20.9 Å². The highest BCUT2D eigenvalue weighted by Gasteiger charge is 2.17. The maximum Gasteiger partial charge on any atom is 0.360 e. The molecule has 2 aromatic rings. The van der Waals surface area contributed by atoms with Gasteiger partial charge in [0, 0.05) is 16.8 Å². The minimum atomic E-state index is -1.38. The van der Waals surface area contributed by atoms with Gasteiger partial charge in [0.15, 0.2) is 0 Å². The summed E-state index contributed by atoms with van der Waals surface area (Å²) in [6, 6.07) is 3.24. The first-order valence-electron chi connectivity index (χ1n) is 6.17. The molecule has 2 rings (SSSR count). The number of aryl methyl sites for hydroxylation is 2. The molecule has 0 aliphatic carbocycles. The lowest BCUT2D eigenvalue weighted by Gasteiger charge is -2.11. The lowest BCUT2D eigenvalue weighted by atomic mass is 10.2. The van der Waals surface area contributed by atoms with Crippen molar-refractivity contribution in [2.24, 2.45) is 0 Å². The van der Waals surface area contributed by atoms with Crippen LogP contribution in [0.15, 0.2) is 23.1 Å². The van der Waals surface area contributed by atoms with E-state index in [-0.39, 0.29) is 0 Å². The first-order chi connectivity index (χ1) is 9.85. The van der Waals surface area contributed by atoms with Crippen LogP contribution in [0.3, 0.4) is 0 Å². The number of carbonyl (C=O) groups is 1. The summed E-state index contributed by atoms with van der Waals surface area (Å²) in [6.45, 7) is 3.56. The Bertz CT molecular complexity index is 785. The molecule has 0 saturated heterocycles. The van der Waals surface area contributed by atoms with Gasteiger partial charge in [0.1, 0.15) is 0 Å². The van der Waals surface area contributed by atoms with E-state index in [9.17, 15) is 9.59 Å². The normalized spacial score (nSPS) is 10.7. The Morgan fingerprint density at radius 3 is 2.57 bits per heavy atom. The summed E-state index contributed by atoms with van der Waals surface area (Å²) in [7, 11) is 0. The second-order valence-corrected chi connectivity index (χ2v) is 5.30. The fraction of sp³-hybridized carbons (Fsp3) is 0.214. The third-order valence-electron chi connectivity index (χ3n) is 3.05. The lowest BCUT2D eigenvalue weighted by molar-refractivity contribution is 0.0686. The Morgan fingerprint density at radius 1 is 1.33 bits per heavy atom. The Labute approximate surface area is 130 Å². The van der Waals surface area contributed by atoms with E-state index >= 15 is 0 Å². The van der Waals surface area contributed by atoms with Gasteiger partial charge in [-0.2, -0.15) is 5.10 Å². The predicted molar refractivity (Wildman–Crippen MR) is 80.9 cm³/mol. The quantitative estimate of drug-likeness (QED) is 0.940. The molecule has 0 amide bonds. The van der Waals surface area contributed by atoms with E-state index in [1.54, 1.807) is 26.0 Å². The van der Waals surface area contributed by atoms with E-state index < -0.39 is 17.1 Å². The highest BCUT2D eigenvalue weighted by atomic mass is 35.5. The molecule has 0 aliphatic heterocycles. The van der Waals surface area contributed by atoms with Gasteiger partial charge >= 0.3 is 5.97 Å². The number of rotatable bonds is 3. The zero-order chi connectivity index (χ0) is 15.7. The van der Waals surface area contributed by atoms with E-state index in [0.717, 1.165) is 5.56 Å². The lowest BCUT2D eigenvalue weighted by Crippen LogP contribution is -2.24. The number of halogens is 2. The van der Waals surface area contributed by atoms with Crippen molar-refractivity contribution in [3.05, 3.63) is 55.4 Å². The molecule has 0 bridgehead atoms. The van der Waals surface area contributed by atoms with Crippen molar-refractivity contribution in [3.8, 4) is 5.69 Å². The number of hydrogen-bond acceptors (Lipinski definition) is 3. The Kier molecular flexibility index (Phi) is 4.34. The van der Waals surface area contributed by atoms with E-state index in [0.29, 0.717) is 27.7 Å². The van der Waals surface area contributed by atoms with Gasteiger partial charge in [0.05, 0.1) is 10.7 Å². The van der Waals surface area contributed by atoms with Crippen molar-refractivity contribution in [1.29, 1.82) is 0 Å². The van der Waals surface area contributed by atoms with E-state index in [2.05, 4.69) is 5.10 Å². The SMILES string of the molecule is CCc1cn(-c2cc(Cl)c(C)cc2Cl)nc(C(=O)O)c1=O. The molecule has 1 aromatic carbocycles. The summed E-state index contributed by atoms with van der Waals surface area (Å²) < 4.78 is 1.28. The minimum absolute atomic E-state index is 0.343. The fourth-order valence-corrected chi connectivity index (χ4v) is 2.33. The van der Waals surface area contributed by atoms with E-state index in [1.807, 2.05) is 0 Å². The van der Waals surface area contributed by atoms with Crippen molar-refractivity contribution in [2.45, 2.75) is 20.3 Å². The molecule has 0 fully saturated rings. The van der Waals surface area contributed by atoms with Crippen LogP contribution in [0.2, 0.25) is 10.0 Å². The molecular formula is C14H12Cl2N2O3. The summed E-state index contributed by atoms with van der Waals surface area (Å²) in [5.74, 6) is -1.38. The second kappa shape index (κ2) is 5.87. The summed E-state index contributed by atoms with van der Waals surface area (Å²) in [6.07, 6.45) is 1.86. The standard InChI is InChI=1S/C14H12Cl2N2O3/c1-3-8-6-18(17-12(13(8)19)14(20)21)11-5-9(15)7(2)4-10(11)16/h4-6H,3H2,1-2H3,(H,20,21). The number of hydrogen-bond donors (Lipinski definition) is 1. The van der Waals surface area contributed by atoms with Crippen LogP contribution in [0.25, 0.3) is 5.69 Å². The number of carboxylic acid groups (broad SMARTS) is 1. The number of aromatic nitrogens is 2. The molecule has 0 saturated carbocycles. The topological polar surface area (TPSA) is 72.2 Å². The van der Waals surface area contributed by atoms with Gasteiger partial charge in [-0.15, -0.1) is 0 Å². The van der Waals surface area contributed by atoms with E-state index in [4.69, 9.17) is 28.3 Å². The summed E-state index contributed by atoms with van der Waals surface area (Å²) >= 11 is 12.2. The number of nitrogens with zero attached hydrogens (tertiary/aromatic N) is 2. The molecule has 0 unspecified atom stereocenters. The highest BCUT2D eigenvalue weighted by molar-refractivity contribution is 6.35. The fourth-order valence-electron chi connectivity index (χ4n) is 1.87. The molecule has 0 atom stereocenters. The molecule has 0 spiro atoms. The number of carboxylic acids is 1. The zero-order valence-electron chi connectivity index (χ0n) is 11.4. The van der Waals surface area contributed by atoms with Gasteiger partial charge in [-0.25, -0.2) is 9.48 Å². The van der Waals surface area contributed by atoms with Crippen LogP contribution in [0, 0.1) is 6.92 Å². The second-order valence-electron chi connectivity index (χ2n) is 4.49. The van der Waals surface area contributed by atoms with Crippen molar-refractivity contribution in [2.75, 3.05) is 0 Å². The van der Waals surface area contributed by atoms with Crippen LogP contribution in [0.4, 0.5) is 0 Å². The van der Waals surface area contributed by atoms with Crippen molar-refractivity contribution in [1.82, 2.24) is 9.78 Å². The van der Waals surface area contributed by atoms with Crippen LogP contribution >= 0.6 is 23.2 Å². The third kappa shape index (κ3) is 2.94. The van der Waals surface area contributed by atoms with Crippen LogP contribution in [0.5, 0.6) is 0 Å². The monoisotopic (exact) mass is 326 g/mol. The highest BCUT2D eigenvalue weighted by Crippen LogP contribution is 2.27. The predicted octanol–water partition coefficient (Wildman–Crippen LogP) is 3.11. The van der Waals surface area contributed by atoms with Gasteiger partial charge in [-0.05, 0) is 31.0 Å². The van der Waals surface area contributed by atoms with Crippen LogP contribution in [-0.2, 0) is 6.42 Å². The smallest absolute Gasteiger partial charge is 0.360 e. The summed E-state index contributed by atoms with van der Waals surface area (Å²) in [5, 5.41) is 13.8. The largest absolute Gasteiger partial charge is 0.476 e. The molecule has 0 aliphatic rings. The summed E-state index contributed by atoms with van der Waals surface area (Å²) in [4.78, 5) is 23.1. The average Bonchev–Trinajstić information content (AvgIpc) is 2.43. The molecule has 5 nitrogen and oxygen atoms in total. The number of benzene rings is 1. The Balaban J connectivity index is 2.76. The molecular weight excluding hydrogens is 315 g/mol. The van der Waals surface area contributed by atoms with Crippen molar-refractivity contribution in [3.63, 3.8) is 0 Å². The van der Waals surface area contributed by atoms with Gasteiger partial charge in [-0.3, -0.25) is 4.79 Å². The van der Waals surface area contributed by atoms with Crippen molar-refractivity contribution < 1.29 is 9.90 Å². The Hall–Kier alpha value is -1.85. The molecule has 1 N–H and O–H groups in total. The Morgan fingerprint density at radius 2 is 2.00 bits per heavy atom. The van der Waals surface area contributed by atoms with Crippen molar-refractivity contribution >= 4 is 29.2 Å². The molecule has 0 radical (unpaired) electrons. The van der Waals surface area contributed by atoms with Gasteiger partial charge < -0.3 is 5.11 Å². The maximum absolute atomic E-state index is 11.9. The number of aromatic carboxylic acids is 1. The van der Waals surface area contributed by atoms with E-state index in [1.165, 1.54) is 10.9 Å². The first-order valence-corrected chi connectivity index (χ1v) is 6.93. The first kappa shape index (κ1) is 15.5. The average molecular weight is 327 g/mol. The molecule has 21 heavy (non-hydrogen) atoms. The van der Waals surface area contributed by atoms with Crippen LogP contribution < -0.4 is 5.43 Å². The molecule has 1 aromatic heterocycles.